The predicted octanol–water partition coefficient (Wildman–Crippen LogP) is 4.49. The number of nitrogens with one attached hydrogen (secondary N) is 2. The molecule has 1 heterocycles. The highest BCUT2D eigenvalue weighted by Gasteiger charge is 2.04. The van der Waals surface area contributed by atoms with Crippen molar-refractivity contribution in [2.75, 3.05) is 17.7 Å². The molecule has 0 aliphatic heterocycles. The van der Waals surface area contributed by atoms with E-state index < -0.39 is 0 Å². The van der Waals surface area contributed by atoms with Gasteiger partial charge < -0.3 is 10.6 Å². The maximum absolute atomic E-state index is 4.44. The van der Waals surface area contributed by atoms with E-state index in [-0.39, 0.29) is 0 Å². The maximum atomic E-state index is 4.44. The SMILES string of the molecule is CNc1ncc(C)c(Nc2ccc3cc(Br)ccc3c2)n1. The fraction of sp³-hybridized carbons (Fsp3) is 0.125. The number of hydrogen-bond acceptors (Lipinski definition) is 4. The normalized spacial score (nSPS) is 10.6. The van der Waals surface area contributed by atoms with Gasteiger partial charge in [0.05, 0.1) is 0 Å². The number of aromatic nitrogens is 2. The summed E-state index contributed by atoms with van der Waals surface area (Å²) in [4.78, 5) is 8.63. The summed E-state index contributed by atoms with van der Waals surface area (Å²) in [5.41, 5.74) is 2.01. The van der Waals surface area contributed by atoms with Gasteiger partial charge in [0.2, 0.25) is 5.95 Å². The van der Waals surface area contributed by atoms with Gasteiger partial charge in [-0.15, -0.1) is 0 Å². The van der Waals surface area contributed by atoms with Crippen molar-refractivity contribution in [1.82, 2.24) is 9.97 Å². The Bertz CT molecular complexity index is 801. The molecule has 0 saturated carbocycles. The molecule has 0 spiro atoms. The second-order valence-corrected chi connectivity index (χ2v) is 5.72. The summed E-state index contributed by atoms with van der Waals surface area (Å²) in [5.74, 6) is 1.42. The molecule has 0 bridgehead atoms. The zero-order valence-electron chi connectivity index (χ0n) is 11.8. The van der Waals surface area contributed by atoms with E-state index in [2.05, 4.69) is 66.9 Å². The largest absolute Gasteiger partial charge is 0.357 e. The molecule has 4 nitrogen and oxygen atoms in total. The van der Waals surface area contributed by atoms with Crippen LogP contribution in [0.5, 0.6) is 0 Å². The second-order valence-electron chi connectivity index (χ2n) is 4.81. The predicted molar refractivity (Wildman–Crippen MR) is 91.2 cm³/mol. The van der Waals surface area contributed by atoms with Crippen LogP contribution in [0.3, 0.4) is 0 Å². The highest BCUT2D eigenvalue weighted by Crippen LogP contribution is 2.25. The Morgan fingerprint density at radius 3 is 2.62 bits per heavy atom. The summed E-state index contributed by atoms with van der Waals surface area (Å²) >= 11 is 3.49. The van der Waals surface area contributed by atoms with Crippen molar-refractivity contribution in [3.63, 3.8) is 0 Å². The van der Waals surface area contributed by atoms with Gasteiger partial charge in [-0.2, -0.15) is 4.98 Å². The van der Waals surface area contributed by atoms with E-state index in [1.165, 1.54) is 10.8 Å². The van der Waals surface area contributed by atoms with E-state index in [1.54, 1.807) is 6.20 Å². The van der Waals surface area contributed by atoms with Gasteiger partial charge in [-0.05, 0) is 42.0 Å². The Kier molecular flexibility index (Phi) is 3.75. The van der Waals surface area contributed by atoms with Crippen molar-refractivity contribution < 1.29 is 0 Å². The smallest absolute Gasteiger partial charge is 0.224 e. The fourth-order valence-electron chi connectivity index (χ4n) is 2.12. The van der Waals surface area contributed by atoms with E-state index >= 15 is 0 Å². The molecule has 3 aromatic rings. The molecule has 0 aliphatic carbocycles. The van der Waals surface area contributed by atoms with Crippen LogP contribution in [0.2, 0.25) is 0 Å². The number of benzene rings is 2. The standard InChI is InChI=1S/C16H15BrN4/c1-10-9-19-16(18-2)21-15(10)20-14-6-4-11-7-13(17)5-3-12(11)8-14/h3-9H,1-2H3,(H2,18,19,20,21). The molecule has 5 heteroatoms. The first-order valence-corrected chi connectivity index (χ1v) is 7.43. The summed E-state index contributed by atoms with van der Waals surface area (Å²) in [6.45, 7) is 1.99. The molecule has 2 aromatic carbocycles. The molecule has 0 fully saturated rings. The summed E-state index contributed by atoms with van der Waals surface area (Å²) in [7, 11) is 1.81. The van der Waals surface area contributed by atoms with Crippen LogP contribution < -0.4 is 10.6 Å². The van der Waals surface area contributed by atoms with Crippen LogP contribution in [-0.2, 0) is 0 Å². The second kappa shape index (κ2) is 5.69. The van der Waals surface area contributed by atoms with Gasteiger partial charge in [-0.3, -0.25) is 0 Å². The lowest BCUT2D eigenvalue weighted by Gasteiger charge is -2.10. The van der Waals surface area contributed by atoms with Gasteiger partial charge in [0.15, 0.2) is 0 Å². The number of aryl methyl sites for hydroxylation is 1. The van der Waals surface area contributed by atoms with E-state index in [1.807, 2.05) is 20.0 Å². The maximum Gasteiger partial charge on any atom is 0.224 e. The quantitative estimate of drug-likeness (QED) is 0.736. The summed E-state index contributed by atoms with van der Waals surface area (Å²) in [6.07, 6.45) is 1.80. The van der Waals surface area contributed by atoms with Crippen molar-refractivity contribution in [2.45, 2.75) is 6.92 Å². The molecule has 21 heavy (non-hydrogen) atoms. The molecule has 0 saturated heterocycles. The molecule has 2 N–H and O–H groups in total. The van der Waals surface area contributed by atoms with E-state index in [0.717, 1.165) is 21.5 Å². The van der Waals surface area contributed by atoms with Crippen LogP contribution in [0, 0.1) is 6.92 Å². The number of hydrogen-bond donors (Lipinski definition) is 2. The average molecular weight is 343 g/mol. The monoisotopic (exact) mass is 342 g/mol. The summed E-state index contributed by atoms with van der Waals surface area (Å²) < 4.78 is 1.08. The molecular formula is C16H15BrN4. The highest BCUT2D eigenvalue weighted by atomic mass is 79.9. The van der Waals surface area contributed by atoms with Crippen LogP contribution in [0.15, 0.2) is 47.1 Å². The minimum Gasteiger partial charge on any atom is -0.357 e. The van der Waals surface area contributed by atoms with Crippen LogP contribution in [0.4, 0.5) is 17.5 Å². The third kappa shape index (κ3) is 2.97. The number of rotatable bonds is 3. The van der Waals surface area contributed by atoms with Gasteiger partial charge in [0.1, 0.15) is 5.82 Å². The molecule has 1 aromatic heterocycles. The lowest BCUT2D eigenvalue weighted by molar-refractivity contribution is 1.12. The molecule has 0 aliphatic rings. The Labute approximate surface area is 131 Å². The van der Waals surface area contributed by atoms with Crippen LogP contribution >= 0.6 is 15.9 Å². The van der Waals surface area contributed by atoms with Crippen LogP contribution in [0.1, 0.15) is 5.56 Å². The Balaban J connectivity index is 1.96. The van der Waals surface area contributed by atoms with E-state index in [4.69, 9.17) is 0 Å². The summed E-state index contributed by atoms with van der Waals surface area (Å²) in [6, 6.07) is 12.5. The molecule has 106 valence electrons. The zero-order chi connectivity index (χ0) is 14.8. The Morgan fingerprint density at radius 2 is 1.81 bits per heavy atom. The first kappa shape index (κ1) is 13.8. The first-order valence-electron chi connectivity index (χ1n) is 6.63. The van der Waals surface area contributed by atoms with E-state index in [0.29, 0.717) is 5.95 Å². The first-order chi connectivity index (χ1) is 10.2. The van der Waals surface area contributed by atoms with Gasteiger partial charge in [0, 0.05) is 29.0 Å². The van der Waals surface area contributed by atoms with Crippen molar-refractivity contribution in [3.8, 4) is 0 Å². The third-order valence-electron chi connectivity index (χ3n) is 3.26. The topological polar surface area (TPSA) is 49.8 Å². The molecule has 0 amide bonds. The van der Waals surface area contributed by atoms with Crippen molar-refractivity contribution in [3.05, 3.63) is 52.6 Å². The Hall–Kier alpha value is -2.14. The fourth-order valence-corrected chi connectivity index (χ4v) is 2.50. The number of fused-ring (bicyclic) bond motifs is 1. The number of halogens is 1. The lowest BCUT2D eigenvalue weighted by atomic mass is 10.1. The van der Waals surface area contributed by atoms with Crippen molar-refractivity contribution in [1.29, 1.82) is 0 Å². The molecule has 0 unspecified atom stereocenters. The molecule has 3 rings (SSSR count). The average Bonchev–Trinajstić information content (AvgIpc) is 2.49. The highest BCUT2D eigenvalue weighted by molar-refractivity contribution is 9.10. The van der Waals surface area contributed by atoms with Gasteiger partial charge in [-0.1, -0.05) is 28.1 Å². The molecule has 0 atom stereocenters. The number of anilines is 3. The zero-order valence-corrected chi connectivity index (χ0v) is 13.4. The third-order valence-corrected chi connectivity index (χ3v) is 3.75. The van der Waals surface area contributed by atoms with E-state index in [9.17, 15) is 0 Å². The van der Waals surface area contributed by atoms with Crippen molar-refractivity contribution in [2.24, 2.45) is 0 Å². The minimum atomic E-state index is 0.604. The van der Waals surface area contributed by atoms with Crippen LogP contribution in [0.25, 0.3) is 10.8 Å². The molecular weight excluding hydrogens is 328 g/mol. The number of nitrogens with zero attached hydrogens (tertiary/aromatic N) is 2. The van der Waals surface area contributed by atoms with Crippen LogP contribution in [-0.4, -0.2) is 17.0 Å². The lowest BCUT2D eigenvalue weighted by Crippen LogP contribution is -2.02. The van der Waals surface area contributed by atoms with Gasteiger partial charge >= 0.3 is 0 Å². The van der Waals surface area contributed by atoms with Crippen molar-refractivity contribution >= 4 is 44.2 Å². The minimum absolute atomic E-state index is 0.604. The Morgan fingerprint density at radius 1 is 1.05 bits per heavy atom. The van der Waals surface area contributed by atoms with Gasteiger partial charge in [-0.25, -0.2) is 4.98 Å². The molecule has 0 radical (unpaired) electrons. The van der Waals surface area contributed by atoms with Gasteiger partial charge in [0.25, 0.3) is 0 Å². The summed E-state index contributed by atoms with van der Waals surface area (Å²) in [5, 5.41) is 8.68.